The molecule has 4 rings (SSSR count). The van der Waals surface area contributed by atoms with Gasteiger partial charge < -0.3 is 20.4 Å². The first kappa shape index (κ1) is 25.6. The van der Waals surface area contributed by atoms with Crippen LogP contribution < -0.4 is 10.6 Å². The topological polar surface area (TPSA) is 52.3 Å². The number of ether oxygens (including phenoxy) is 1. The Kier molecular flexibility index (Phi) is 8.42. The predicted molar refractivity (Wildman–Crippen MR) is 139 cm³/mol. The Bertz CT molecular complexity index is 1070. The van der Waals surface area contributed by atoms with Crippen LogP contribution in [0, 0.1) is 0 Å². The fraction of sp³-hybridized carbons (Fsp3) is 0.500. The van der Waals surface area contributed by atoms with Gasteiger partial charge in [0.05, 0.1) is 25.9 Å². The molecule has 0 bridgehead atoms. The summed E-state index contributed by atoms with van der Waals surface area (Å²) in [5, 5.41) is 7.79. The van der Waals surface area contributed by atoms with Crippen LogP contribution in [-0.2, 0) is 11.2 Å². The van der Waals surface area contributed by atoms with Gasteiger partial charge in [-0.25, -0.2) is 4.39 Å². The van der Waals surface area contributed by atoms with Gasteiger partial charge in [0.25, 0.3) is 0 Å². The van der Waals surface area contributed by atoms with E-state index >= 15 is 4.39 Å². The number of aromatic amines is 1. The Morgan fingerprint density at radius 1 is 1.29 bits per heavy atom. The van der Waals surface area contributed by atoms with Gasteiger partial charge in [-0.15, -0.1) is 0 Å². The van der Waals surface area contributed by atoms with E-state index in [1.165, 1.54) is 10.9 Å². The molecule has 190 valence electrons. The third-order valence-corrected chi connectivity index (χ3v) is 6.91. The SMILES string of the molecule is C=C(/C=C\C=C(/C)NCCNCCCF)[C@@H]1c2[nH]c3ccccc3c2C[C@@H](C)N1CC1(F)COC1. The normalized spacial score (nSPS) is 22.3. The highest BCUT2D eigenvalue weighted by Gasteiger charge is 2.45. The second-order valence-corrected chi connectivity index (χ2v) is 9.84. The Hall–Kier alpha value is -2.48. The number of nitrogens with zero attached hydrogens (tertiary/aromatic N) is 1. The summed E-state index contributed by atoms with van der Waals surface area (Å²) in [6.45, 7) is 11.2. The number of aromatic nitrogens is 1. The largest absolute Gasteiger partial charge is 0.387 e. The van der Waals surface area contributed by atoms with E-state index in [1.807, 2.05) is 31.2 Å². The lowest BCUT2D eigenvalue weighted by molar-refractivity contribution is -0.147. The van der Waals surface area contributed by atoms with E-state index in [0.29, 0.717) is 19.5 Å². The fourth-order valence-corrected chi connectivity index (χ4v) is 5.03. The summed E-state index contributed by atoms with van der Waals surface area (Å²) in [5.41, 5.74) is 4.17. The molecule has 5 nitrogen and oxygen atoms in total. The summed E-state index contributed by atoms with van der Waals surface area (Å²) in [7, 11) is 0. The van der Waals surface area contributed by atoms with E-state index in [-0.39, 0.29) is 32.0 Å². The van der Waals surface area contributed by atoms with Crippen molar-refractivity contribution in [3.8, 4) is 0 Å². The second kappa shape index (κ2) is 11.5. The zero-order valence-electron chi connectivity index (χ0n) is 20.9. The van der Waals surface area contributed by atoms with Gasteiger partial charge in [-0.2, -0.15) is 0 Å². The smallest absolute Gasteiger partial charge is 0.169 e. The number of nitrogens with one attached hydrogen (secondary N) is 3. The number of halogens is 2. The van der Waals surface area contributed by atoms with Crippen LogP contribution in [0.5, 0.6) is 0 Å². The van der Waals surface area contributed by atoms with E-state index in [4.69, 9.17) is 4.74 Å². The third-order valence-electron chi connectivity index (χ3n) is 6.91. The summed E-state index contributed by atoms with van der Waals surface area (Å²) >= 11 is 0. The van der Waals surface area contributed by atoms with Crippen molar-refractivity contribution >= 4 is 10.9 Å². The highest BCUT2D eigenvalue weighted by atomic mass is 19.1. The molecule has 0 amide bonds. The molecule has 3 heterocycles. The average Bonchev–Trinajstić information content (AvgIpc) is 3.18. The molecule has 35 heavy (non-hydrogen) atoms. The lowest BCUT2D eigenvalue weighted by atomic mass is 9.87. The van der Waals surface area contributed by atoms with Gasteiger partial charge in [0.15, 0.2) is 5.67 Å². The number of rotatable bonds is 12. The molecule has 1 saturated heterocycles. The van der Waals surface area contributed by atoms with Gasteiger partial charge in [0.1, 0.15) is 0 Å². The van der Waals surface area contributed by atoms with Crippen molar-refractivity contribution < 1.29 is 13.5 Å². The van der Waals surface area contributed by atoms with Crippen LogP contribution in [0.25, 0.3) is 10.9 Å². The third kappa shape index (κ3) is 6.02. The second-order valence-electron chi connectivity index (χ2n) is 9.84. The summed E-state index contributed by atoms with van der Waals surface area (Å²) in [6, 6.07) is 8.40. The average molecular weight is 485 g/mol. The number of benzene rings is 1. The lowest BCUT2D eigenvalue weighted by Gasteiger charge is -2.46. The number of H-pyrrole nitrogens is 1. The van der Waals surface area contributed by atoms with Crippen LogP contribution in [-0.4, -0.2) is 67.7 Å². The molecule has 0 saturated carbocycles. The van der Waals surface area contributed by atoms with Crippen molar-refractivity contribution in [2.45, 2.75) is 44.4 Å². The Labute approximate surface area is 207 Å². The van der Waals surface area contributed by atoms with Crippen molar-refractivity contribution in [2.75, 3.05) is 46.1 Å². The highest BCUT2D eigenvalue weighted by Crippen LogP contribution is 2.42. The van der Waals surface area contributed by atoms with E-state index in [1.54, 1.807) is 0 Å². The van der Waals surface area contributed by atoms with Gasteiger partial charge in [-0.1, -0.05) is 36.9 Å². The minimum Gasteiger partial charge on any atom is -0.387 e. The molecule has 3 N–H and O–H groups in total. The summed E-state index contributed by atoms with van der Waals surface area (Å²) in [6.07, 6.45) is 7.46. The van der Waals surface area contributed by atoms with Crippen molar-refractivity contribution in [1.29, 1.82) is 0 Å². The molecule has 0 aliphatic carbocycles. The number of fused-ring (bicyclic) bond motifs is 3. The first-order valence-corrected chi connectivity index (χ1v) is 12.6. The maximum Gasteiger partial charge on any atom is 0.169 e. The number of hydrogen-bond donors (Lipinski definition) is 3. The molecule has 1 aromatic heterocycles. The first-order valence-electron chi connectivity index (χ1n) is 12.6. The van der Waals surface area contributed by atoms with Gasteiger partial charge in [0, 0.05) is 48.0 Å². The van der Waals surface area contributed by atoms with Gasteiger partial charge in [-0.3, -0.25) is 9.29 Å². The summed E-state index contributed by atoms with van der Waals surface area (Å²) in [5.74, 6) is 0. The van der Waals surface area contributed by atoms with Gasteiger partial charge in [-0.05, 0) is 56.5 Å². The van der Waals surface area contributed by atoms with Crippen LogP contribution in [0.2, 0.25) is 0 Å². The molecule has 7 heteroatoms. The van der Waals surface area contributed by atoms with Crippen LogP contribution in [0.1, 0.15) is 37.6 Å². The highest BCUT2D eigenvalue weighted by molar-refractivity contribution is 5.85. The predicted octanol–water partition coefficient (Wildman–Crippen LogP) is 4.75. The molecule has 2 atom stereocenters. The molecule has 0 unspecified atom stereocenters. The van der Waals surface area contributed by atoms with Crippen LogP contribution in [0.4, 0.5) is 8.78 Å². The van der Waals surface area contributed by atoms with Crippen LogP contribution in [0.3, 0.4) is 0 Å². The van der Waals surface area contributed by atoms with Crippen molar-refractivity contribution in [1.82, 2.24) is 20.5 Å². The summed E-state index contributed by atoms with van der Waals surface area (Å²) < 4.78 is 32.5. The maximum atomic E-state index is 15.2. The number of allylic oxidation sites excluding steroid dienone is 3. The minimum absolute atomic E-state index is 0.132. The van der Waals surface area contributed by atoms with E-state index in [0.717, 1.165) is 42.0 Å². The maximum absolute atomic E-state index is 15.2. The standard InChI is InChI=1S/C28H38F2N4O/c1-20(8-6-9-21(2)32-15-14-31-13-7-12-29)27-26-24(23-10-4-5-11-25(23)33-26)16-22(3)34(27)17-28(30)18-35-19-28/h4-6,8-11,22,27,31-33H,1,7,12-19H2,2-3H3/b8-6-,21-9+/t22-,27-/m1/s1. The van der Waals surface area contributed by atoms with Crippen LogP contribution >= 0.6 is 0 Å². The molecule has 1 aromatic carbocycles. The first-order chi connectivity index (χ1) is 16.9. The molecule has 2 aliphatic heterocycles. The molecular weight excluding hydrogens is 446 g/mol. The monoisotopic (exact) mass is 484 g/mol. The van der Waals surface area contributed by atoms with Gasteiger partial charge in [0.2, 0.25) is 0 Å². The minimum atomic E-state index is -1.31. The fourth-order valence-electron chi connectivity index (χ4n) is 5.03. The summed E-state index contributed by atoms with van der Waals surface area (Å²) in [4.78, 5) is 5.86. The van der Waals surface area contributed by atoms with E-state index in [9.17, 15) is 4.39 Å². The lowest BCUT2D eigenvalue weighted by Crippen LogP contribution is -2.57. The van der Waals surface area contributed by atoms with Crippen molar-refractivity contribution in [2.24, 2.45) is 0 Å². The molecule has 0 spiro atoms. The Morgan fingerprint density at radius 2 is 2.09 bits per heavy atom. The molecule has 0 radical (unpaired) electrons. The van der Waals surface area contributed by atoms with E-state index < -0.39 is 5.67 Å². The van der Waals surface area contributed by atoms with Crippen molar-refractivity contribution in [3.63, 3.8) is 0 Å². The number of alkyl halides is 2. The molecule has 2 aliphatic rings. The Balaban J connectivity index is 1.49. The molecule has 2 aromatic rings. The van der Waals surface area contributed by atoms with E-state index in [2.05, 4.69) is 52.2 Å². The molecular formula is C28H38F2N4O. The Morgan fingerprint density at radius 3 is 2.83 bits per heavy atom. The zero-order chi connectivity index (χ0) is 24.8. The number of hydrogen-bond acceptors (Lipinski definition) is 4. The van der Waals surface area contributed by atoms with Crippen LogP contribution in [0.15, 0.2) is 60.3 Å². The quantitative estimate of drug-likeness (QED) is 0.301. The molecule has 1 fully saturated rings. The van der Waals surface area contributed by atoms with Gasteiger partial charge >= 0.3 is 0 Å². The zero-order valence-corrected chi connectivity index (χ0v) is 20.9. The van der Waals surface area contributed by atoms with Crippen molar-refractivity contribution in [3.05, 3.63) is 71.6 Å². The number of para-hydroxylation sites is 1.